The normalized spacial score (nSPS) is 30.6. The van der Waals surface area contributed by atoms with E-state index >= 15 is 0 Å². The van der Waals surface area contributed by atoms with Crippen LogP contribution >= 0.6 is 0 Å². The average molecular weight is 293 g/mol. The van der Waals surface area contributed by atoms with Crippen molar-refractivity contribution in [3.05, 3.63) is 17.5 Å². The van der Waals surface area contributed by atoms with Crippen LogP contribution in [0, 0.1) is 6.92 Å². The van der Waals surface area contributed by atoms with Gasteiger partial charge in [0.1, 0.15) is 5.60 Å². The topological polar surface area (TPSA) is 39.5 Å². The Morgan fingerprint density at radius 3 is 2.90 bits per heavy atom. The van der Waals surface area contributed by atoms with Gasteiger partial charge in [0.05, 0.1) is 18.4 Å². The van der Waals surface area contributed by atoms with E-state index in [4.69, 9.17) is 9.47 Å². The molecule has 0 radical (unpaired) electrons. The van der Waals surface area contributed by atoms with Gasteiger partial charge in [-0.2, -0.15) is 5.10 Å². The van der Waals surface area contributed by atoms with Gasteiger partial charge in [-0.25, -0.2) is 0 Å². The van der Waals surface area contributed by atoms with Crippen LogP contribution in [-0.2, 0) is 16.0 Å². The monoisotopic (exact) mass is 293 g/mol. The number of nitrogens with zero attached hydrogens (tertiary/aromatic N) is 3. The van der Waals surface area contributed by atoms with Gasteiger partial charge >= 0.3 is 0 Å². The van der Waals surface area contributed by atoms with Crippen molar-refractivity contribution in [3.63, 3.8) is 0 Å². The van der Waals surface area contributed by atoms with E-state index in [-0.39, 0.29) is 11.7 Å². The van der Waals surface area contributed by atoms with Gasteiger partial charge < -0.3 is 9.47 Å². The molecule has 1 spiro atoms. The van der Waals surface area contributed by atoms with Crippen molar-refractivity contribution < 1.29 is 9.47 Å². The lowest BCUT2D eigenvalue weighted by Gasteiger charge is -2.42. The number of hydrogen-bond acceptors (Lipinski definition) is 4. The van der Waals surface area contributed by atoms with Crippen molar-refractivity contribution in [2.75, 3.05) is 26.3 Å². The molecule has 21 heavy (non-hydrogen) atoms. The van der Waals surface area contributed by atoms with Crippen LogP contribution in [0.15, 0.2) is 6.20 Å². The first-order valence-corrected chi connectivity index (χ1v) is 8.00. The van der Waals surface area contributed by atoms with Gasteiger partial charge in [0.2, 0.25) is 0 Å². The van der Waals surface area contributed by atoms with Crippen molar-refractivity contribution in [2.45, 2.75) is 58.4 Å². The third kappa shape index (κ3) is 3.15. The predicted molar refractivity (Wildman–Crippen MR) is 81.3 cm³/mol. The molecular weight excluding hydrogens is 266 g/mol. The second-order valence-corrected chi connectivity index (χ2v) is 6.90. The number of aryl methyl sites for hydroxylation is 1. The fourth-order valence-electron chi connectivity index (χ4n) is 3.44. The number of aromatic nitrogens is 2. The van der Waals surface area contributed by atoms with Crippen molar-refractivity contribution in [1.29, 1.82) is 0 Å². The van der Waals surface area contributed by atoms with E-state index in [1.54, 1.807) is 0 Å². The zero-order valence-electron chi connectivity index (χ0n) is 13.6. The fourth-order valence-corrected chi connectivity index (χ4v) is 3.44. The molecule has 0 N–H and O–H groups in total. The standard InChI is InChI=1S/C16H27N3O2/c1-12(2)19-9-15(14(4)17-19)8-18-7-13(3)21-16(10-18)5-6-20-11-16/h9,12-13H,5-8,10-11H2,1-4H3/t13-,16+/m1/s1. The summed E-state index contributed by atoms with van der Waals surface area (Å²) in [4.78, 5) is 2.50. The van der Waals surface area contributed by atoms with Gasteiger partial charge in [0.25, 0.3) is 0 Å². The minimum Gasteiger partial charge on any atom is -0.378 e. The Morgan fingerprint density at radius 2 is 2.29 bits per heavy atom. The van der Waals surface area contributed by atoms with Gasteiger partial charge in [-0.05, 0) is 27.7 Å². The van der Waals surface area contributed by atoms with Crippen LogP contribution in [0.4, 0.5) is 0 Å². The average Bonchev–Trinajstić information content (AvgIpc) is 2.97. The van der Waals surface area contributed by atoms with Crippen LogP contribution in [0.2, 0.25) is 0 Å². The molecule has 0 aliphatic carbocycles. The molecule has 0 unspecified atom stereocenters. The van der Waals surface area contributed by atoms with Crippen LogP contribution in [0.3, 0.4) is 0 Å². The van der Waals surface area contributed by atoms with Crippen molar-refractivity contribution in [1.82, 2.24) is 14.7 Å². The summed E-state index contributed by atoms with van der Waals surface area (Å²) in [6.07, 6.45) is 3.47. The Balaban J connectivity index is 1.72. The molecule has 0 aromatic carbocycles. The Morgan fingerprint density at radius 1 is 1.48 bits per heavy atom. The molecule has 2 saturated heterocycles. The maximum Gasteiger partial charge on any atom is 0.107 e. The minimum atomic E-state index is -0.0837. The lowest BCUT2D eigenvalue weighted by Crippen LogP contribution is -2.55. The lowest BCUT2D eigenvalue weighted by atomic mass is 9.99. The molecule has 118 valence electrons. The molecule has 5 nitrogen and oxygen atoms in total. The molecule has 0 saturated carbocycles. The summed E-state index contributed by atoms with van der Waals surface area (Å²) in [5.41, 5.74) is 2.38. The van der Waals surface area contributed by atoms with E-state index in [1.807, 2.05) is 0 Å². The third-order valence-corrected chi connectivity index (χ3v) is 4.49. The summed E-state index contributed by atoms with van der Waals surface area (Å²) in [6, 6.07) is 0.413. The van der Waals surface area contributed by atoms with Crippen LogP contribution in [0.1, 0.15) is 44.5 Å². The zero-order chi connectivity index (χ0) is 15.0. The zero-order valence-corrected chi connectivity index (χ0v) is 13.6. The van der Waals surface area contributed by atoms with E-state index < -0.39 is 0 Å². The van der Waals surface area contributed by atoms with E-state index in [0.29, 0.717) is 6.04 Å². The quantitative estimate of drug-likeness (QED) is 0.856. The minimum absolute atomic E-state index is 0.0837. The van der Waals surface area contributed by atoms with E-state index in [2.05, 4.69) is 48.6 Å². The van der Waals surface area contributed by atoms with Gasteiger partial charge in [0, 0.05) is 50.5 Å². The number of hydrogen-bond donors (Lipinski definition) is 0. The van der Waals surface area contributed by atoms with Gasteiger partial charge in [-0.1, -0.05) is 0 Å². The first-order chi connectivity index (χ1) is 9.97. The Hall–Kier alpha value is -0.910. The molecule has 1 aromatic rings. The molecule has 2 fully saturated rings. The molecule has 0 bridgehead atoms. The molecule has 3 heterocycles. The van der Waals surface area contributed by atoms with Crippen LogP contribution in [-0.4, -0.2) is 52.7 Å². The SMILES string of the molecule is Cc1nn(C(C)C)cc1CN1C[C@@H](C)O[C@@]2(CCOC2)C1. The summed E-state index contributed by atoms with van der Waals surface area (Å²) in [5.74, 6) is 0. The highest BCUT2D eigenvalue weighted by molar-refractivity contribution is 5.16. The Kier molecular flexibility index (Phi) is 4.08. The highest BCUT2D eigenvalue weighted by atomic mass is 16.6. The number of morpholine rings is 1. The van der Waals surface area contributed by atoms with Gasteiger partial charge in [0.15, 0.2) is 0 Å². The van der Waals surface area contributed by atoms with E-state index in [0.717, 1.165) is 45.0 Å². The number of rotatable bonds is 3. The molecule has 0 amide bonds. The van der Waals surface area contributed by atoms with Gasteiger partial charge in [-0.3, -0.25) is 9.58 Å². The van der Waals surface area contributed by atoms with Crippen LogP contribution in [0.25, 0.3) is 0 Å². The van der Waals surface area contributed by atoms with Crippen LogP contribution in [0.5, 0.6) is 0 Å². The third-order valence-electron chi connectivity index (χ3n) is 4.49. The van der Waals surface area contributed by atoms with Gasteiger partial charge in [-0.15, -0.1) is 0 Å². The number of ether oxygens (including phenoxy) is 2. The molecule has 2 atom stereocenters. The summed E-state index contributed by atoms with van der Waals surface area (Å²) < 4.78 is 13.8. The largest absolute Gasteiger partial charge is 0.378 e. The first kappa shape index (κ1) is 15.0. The smallest absolute Gasteiger partial charge is 0.107 e. The van der Waals surface area contributed by atoms with Crippen LogP contribution < -0.4 is 0 Å². The predicted octanol–water partition coefficient (Wildman–Crippen LogP) is 2.15. The maximum absolute atomic E-state index is 6.19. The molecule has 5 heteroatoms. The second kappa shape index (κ2) is 5.71. The Bertz CT molecular complexity index is 492. The summed E-state index contributed by atoms with van der Waals surface area (Å²) in [5, 5.41) is 4.62. The summed E-state index contributed by atoms with van der Waals surface area (Å²) in [6.45, 7) is 13.0. The molecule has 2 aliphatic rings. The van der Waals surface area contributed by atoms with E-state index in [9.17, 15) is 0 Å². The first-order valence-electron chi connectivity index (χ1n) is 8.00. The molecular formula is C16H27N3O2. The Labute approximate surface area is 127 Å². The summed E-state index contributed by atoms with van der Waals surface area (Å²) >= 11 is 0. The van der Waals surface area contributed by atoms with E-state index in [1.165, 1.54) is 5.56 Å². The molecule has 2 aliphatic heterocycles. The summed E-state index contributed by atoms with van der Waals surface area (Å²) in [7, 11) is 0. The fraction of sp³-hybridized carbons (Fsp3) is 0.812. The van der Waals surface area contributed by atoms with Crippen molar-refractivity contribution in [3.8, 4) is 0 Å². The molecule has 1 aromatic heterocycles. The molecule has 3 rings (SSSR count). The second-order valence-electron chi connectivity index (χ2n) is 6.90. The lowest BCUT2D eigenvalue weighted by molar-refractivity contribution is -0.149. The van der Waals surface area contributed by atoms with Crippen molar-refractivity contribution in [2.24, 2.45) is 0 Å². The van der Waals surface area contributed by atoms with Crippen molar-refractivity contribution >= 4 is 0 Å². The highest BCUT2D eigenvalue weighted by Gasteiger charge is 2.42. The highest BCUT2D eigenvalue weighted by Crippen LogP contribution is 2.30. The maximum atomic E-state index is 6.19.